The average Bonchev–Trinajstić information content (AvgIpc) is 2.13. The molecular formula is C8H18O2S4. The van der Waals surface area contributed by atoms with Gasteiger partial charge in [0.25, 0.3) is 0 Å². The molecule has 0 radical (unpaired) electrons. The molecule has 0 saturated carbocycles. The summed E-state index contributed by atoms with van der Waals surface area (Å²) < 4.78 is 0. The molecule has 0 aliphatic rings. The van der Waals surface area contributed by atoms with E-state index >= 15 is 0 Å². The number of aliphatic hydroxyl groups is 2. The largest absolute Gasteiger partial charge is 0.391 e. The van der Waals surface area contributed by atoms with E-state index < -0.39 is 0 Å². The lowest BCUT2D eigenvalue weighted by Crippen LogP contribution is -2.14. The van der Waals surface area contributed by atoms with Crippen molar-refractivity contribution in [2.45, 2.75) is 12.2 Å². The van der Waals surface area contributed by atoms with Crippen LogP contribution >= 0.6 is 45.1 Å². The molecule has 2 N–H and O–H groups in total. The summed E-state index contributed by atoms with van der Waals surface area (Å²) >= 11 is 3.31. The SMILES string of the molecule is CSCC(O)CSSCC(O)CSC. The predicted molar refractivity (Wildman–Crippen MR) is 73.7 cm³/mol. The molecule has 6 heteroatoms. The second-order valence-electron chi connectivity index (χ2n) is 2.79. The van der Waals surface area contributed by atoms with Crippen molar-refractivity contribution in [1.29, 1.82) is 0 Å². The molecule has 86 valence electrons. The third kappa shape index (κ3) is 9.86. The van der Waals surface area contributed by atoms with Crippen LogP contribution in [0.2, 0.25) is 0 Å². The molecule has 0 aromatic carbocycles. The molecule has 2 nitrogen and oxygen atoms in total. The number of aliphatic hydroxyl groups excluding tert-OH is 2. The van der Waals surface area contributed by atoms with Crippen molar-refractivity contribution in [2.75, 3.05) is 35.5 Å². The molecule has 0 aliphatic heterocycles. The maximum Gasteiger partial charge on any atom is 0.0729 e. The van der Waals surface area contributed by atoms with Crippen LogP contribution in [-0.2, 0) is 0 Å². The van der Waals surface area contributed by atoms with Crippen LogP contribution in [0.4, 0.5) is 0 Å². The maximum absolute atomic E-state index is 9.40. The lowest BCUT2D eigenvalue weighted by atomic mass is 10.5. The maximum atomic E-state index is 9.40. The molecule has 0 spiro atoms. The predicted octanol–water partition coefficient (Wildman–Crippen LogP) is 1.82. The first-order chi connectivity index (χ1) is 6.70. The number of rotatable bonds is 9. The zero-order valence-corrected chi connectivity index (χ0v) is 11.8. The van der Waals surface area contributed by atoms with Crippen molar-refractivity contribution in [1.82, 2.24) is 0 Å². The van der Waals surface area contributed by atoms with Gasteiger partial charge in [0.05, 0.1) is 12.2 Å². The van der Waals surface area contributed by atoms with Gasteiger partial charge in [-0.3, -0.25) is 0 Å². The van der Waals surface area contributed by atoms with Crippen LogP contribution < -0.4 is 0 Å². The van der Waals surface area contributed by atoms with Crippen molar-refractivity contribution in [3.05, 3.63) is 0 Å². The summed E-state index contributed by atoms with van der Waals surface area (Å²) in [5, 5.41) is 18.8. The Morgan fingerprint density at radius 3 is 1.43 bits per heavy atom. The highest BCUT2D eigenvalue weighted by Crippen LogP contribution is 2.24. The van der Waals surface area contributed by atoms with Gasteiger partial charge >= 0.3 is 0 Å². The third-order valence-corrected chi connectivity index (χ3v) is 5.28. The molecule has 0 heterocycles. The van der Waals surface area contributed by atoms with Crippen LogP contribution in [0.1, 0.15) is 0 Å². The quantitative estimate of drug-likeness (QED) is 0.494. The highest BCUT2D eigenvalue weighted by atomic mass is 33.1. The Balaban J connectivity index is 3.19. The topological polar surface area (TPSA) is 40.5 Å². The van der Waals surface area contributed by atoms with E-state index in [-0.39, 0.29) is 12.2 Å². The summed E-state index contributed by atoms with van der Waals surface area (Å²) in [6.07, 6.45) is 3.53. The summed E-state index contributed by atoms with van der Waals surface area (Å²) in [5.74, 6) is 3.08. The van der Waals surface area contributed by atoms with E-state index in [0.717, 1.165) is 23.0 Å². The van der Waals surface area contributed by atoms with Gasteiger partial charge in [-0.2, -0.15) is 23.5 Å². The Morgan fingerprint density at radius 2 is 1.14 bits per heavy atom. The van der Waals surface area contributed by atoms with Crippen molar-refractivity contribution < 1.29 is 10.2 Å². The molecule has 0 fully saturated rings. The van der Waals surface area contributed by atoms with Crippen LogP contribution in [0.5, 0.6) is 0 Å². The van der Waals surface area contributed by atoms with Gasteiger partial charge in [0, 0.05) is 23.0 Å². The minimum absolute atomic E-state index is 0.222. The Hall–Kier alpha value is 1.32. The summed E-state index contributed by atoms with van der Waals surface area (Å²) in [6, 6.07) is 0. The van der Waals surface area contributed by atoms with Crippen molar-refractivity contribution in [3.8, 4) is 0 Å². The van der Waals surface area contributed by atoms with E-state index in [1.165, 1.54) is 0 Å². The Morgan fingerprint density at radius 1 is 0.786 bits per heavy atom. The lowest BCUT2D eigenvalue weighted by molar-refractivity contribution is 0.224. The fourth-order valence-corrected chi connectivity index (χ4v) is 4.30. The highest BCUT2D eigenvalue weighted by molar-refractivity contribution is 8.76. The molecule has 0 saturated heterocycles. The summed E-state index contributed by atoms with van der Waals surface area (Å²) in [6.45, 7) is 0. The molecule has 0 aromatic heterocycles. The third-order valence-electron chi connectivity index (χ3n) is 1.32. The number of hydrogen-bond donors (Lipinski definition) is 2. The Labute approximate surface area is 103 Å². The minimum atomic E-state index is -0.222. The minimum Gasteiger partial charge on any atom is -0.391 e. The van der Waals surface area contributed by atoms with Gasteiger partial charge in [-0.15, -0.1) is 0 Å². The fraction of sp³-hybridized carbons (Fsp3) is 1.00. The van der Waals surface area contributed by atoms with Crippen LogP contribution in [0.3, 0.4) is 0 Å². The van der Waals surface area contributed by atoms with Crippen LogP contribution in [0.25, 0.3) is 0 Å². The van der Waals surface area contributed by atoms with Gasteiger partial charge in [0.2, 0.25) is 0 Å². The molecule has 0 bridgehead atoms. The van der Waals surface area contributed by atoms with E-state index in [1.807, 2.05) is 12.5 Å². The molecule has 2 atom stereocenters. The molecule has 0 amide bonds. The second kappa shape index (κ2) is 10.8. The van der Waals surface area contributed by atoms with E-state index in [4.69, 9.17) is 0 Å². The first kappa shape index (κ1) is 15.3. The normalized spacial score (nSPS) is 15.4. The molecule has 0 aliphatic carbocycles. The zero-order valence-electron chi connectivity index (χ0n) is 8.51. The lowest BCUT2D eigenvalue weighted by Gasteiger charge is -2.10. The van der Waals surface area contributed by atoms with Gasteiger partial charge in [-0.05, 0) is 12.5 Å². The standard InChI is InChI=1S/C8H18O2S4/c1-11-3-7(9)5-13-14-6-8(10)4-12-2/h7-10H,3-6H2,1-2H3. The Bertz CT molecular complexity index is 112. The van der Waals surface area contributed by atoms with Gasteiger partial charge in [0.1, 0.15) is 0 Å². The monoisotopic (exact) mass is 274 g/mol. The van der Waals surface area contributed by atoms with E-state index in [1.54, 1.807) is 45.1 Å². The summed E-state index contributed by atoms with van der Waals surface area (Å²) in [4.78, 5) is 0. The molecule has 0 rings (SSSR count). The van der Waals surface area contributed by atoms with Gasteiger partial charge in [-0.25, -0.2) is 0 Å². The fourth-order valence-electron chi connectivity index (χ4n) is 0.734. The average molecular weight is 274 g/mol. The molecular weight excluding hydrogens is 256 g/mol. The first-order valence-electron chi connectivity index (χ1n) is 4.29. The van der Waals surface area contributed by atoms with Gasteiger partial charge in [-0.1, -0.05) is 21.6 Å². The van der Waals surface area contributed by atoms with E-state index in [0.29, 0.717) is 0 Å². The smallest absolute Gasteiger partial charge is 0.0729 e. The first-order valence-corrected chi connectivity index (χ1v) is 9.56. The molecule has 2 unspecified atom stereocenters. The molecule has 14 heavy (non-hydrogen) atoms. The molecule has 0 aromatic rings. The number of thioether (sulfide) groups is 2. The number of hydrogen-bond acceptors (Lipinski definition) is 6. The second-order valence-corrected chi connectivity index (χ2v) is 7.16. The van der Waals surface area contributed by atoms with Gasteiger partial charge < -0.3 is 10.2 Å². The Kier molecular flexibility index (Phi) is 11.8. The summed E-state index contributed by atoms with van der Waals surface area (Å²) in [7, 11) is 3.28. The zero-order chi connectivity index (χ0) is 10.8. The van der Waals surface area contributed by atoms with Crippen molar-refractivity contribution in [2.24, 2.45) is 0 Å². The van der Waals surface area contributed by atoms with E-state index in [2.05, 4.69) is 0 Å². The van der Waals surface area contributed by atoms with Crippen LogP contribution in [0, 0.1) is 0 Å². The highest BCUT2D eigenvalue weighted by Gasteiger charge is 2.06. The van der Waals surface area contributed by atoms with Crippen molar-refractivity contribution in [3.63, 3.8) is 0 Å². The van der Waals surface area contributed by atoms with Gasteiger partial charge in [0.15, 0.2) is 0 Å². The summed E-state index contributed by atoms with van der Waals surface area (Å²) in [5.41, 5.74) is 0. The van der Waals surface area contributed by atoms with E-state index in [9.17, 15) is 10.2 Å². The van der Waals surface area contributed by atoms with Crippen LogP contribution in [-0.4, -0.2) is 57.9 Å². The van der Waals surface area contributed by atoms with Crippen LogP contribution in [0.15, 0.2) is 0 Å². The van der Waals surface area contributed by atoms with Crippen molar-refractivity contribution >= 4 is 45.1 Å².